The van der Waals surface area contributed by atoms with Gasteiger partial charge in [0.2, 0.25) is 5.91 Å². The van der Waals surface area contributed by atoms with Gasteiger partial charge >= 0.3 is 0 Å². The van der Waals surface area contributed by atoms with Crippen molar-refractivity contribution in [2.24, 2.45) is 11.7 Å². The van der Waals surface area contributed by atoms with Gasteiger partial charge in [-0.3, -0.25) is 4.79 Å². The smallest absolute Gasteiger partial charge is 0.221 e. The summed E-state index contributed by atoms with van der Waals surface area (Å²) in [5.74, 6) is 0.684. The lowest BCUT2D eigenvalue weighted by Crippen LogP contribution is -2.42. The highest BCUT2D eigenvalue weighted by molar-refractivity contribution is 5.76. The molecule has 0 bridgehead atoms. The molecule has 0 aliphatic heterocycles. The minimum Gasteiger partial charge on any atom is -0.352 e. The van der Waals surface area contributed by atoms with Crippen LogP contribution in [-0.2, 0) is 4.79 Å². The number of rotatable bonds is 6. The van der Waals surface area contributed by atoms with Gasteiger partial charge in [-0.15, -0.1) is 0 Å². The van der Waals surface area contributed by atoms with Gasteiger partial charge in [-0.25, -0.2) is 0 Å². The molecule has 0 saturated heterocycles. The molecular formula is C11H23N3O. The summed E-state index contributed by atoms with van der Waals surface area (Å²) in [6, 6.07) is 0.260. The van der Waals surface area contributed by atoms with E-state index < -0.39 is 0 Å². The van der Waals surface area contributed by atoms with Gasteiger partial charge in [0, 0.05) is 25.0 Å². The van der Waals surface area contributed by atoms with Gasteiger partial charge in [0.25, 0.3) is 0 Å². The maximum Gasteiger partial charge on any atom is 0.221 e. The zero-order chi connectivity index (χ0) is 11.4. The van der Waals surface area contributed by atoms with Crippen molar-refractivity contribution in [3.05, 3.63) is 0 Å². The first kappa shape index (κ1) is 12.5. The molecule has 0 spiro atoms. The van der Waals surface area contributed by atoms with E-state index in [0.717, 1.165) is 6.54 Å². The van der Waals surface area contributed by atoms with E-state index in [1.807, 2.05) is 21.0 Å². The molecule has 4 nitrogen and oxygen atoms in total. The third-order valence-electron chi connectivity index (χ3n) is 2.70. The largest absolute Gasteiger partial charge is 0.352 e. The van der Waals surface area contributed by atoms with E-state index in [4.69, 9.17) is 5.73 Å². The van der Waals surface area contributed by atoms with Crippen LogP contribution in [0.3, 0.4) is 0 Å². The van der Waals surface area contributed by atoms with E-state index in [2.05, 4.69) is 10.2 Å². The molecule has 2 atom stereocenters. The zero-order valence-electron chi connectivity index (χ0n) is 9.99. The summed E-state index contributed by atoms with van der Waals surface area (Å²) >= 11 is 0. The Hall–Kier alpha value is -0.610. The van der Waals surface area contributed by atoms with Crippen molar-refractivity contribution in [1.82, 2.24) is 10.2 Å². The Morgan fingerprint density at radius 1 is 1.53 bits per heavy atom. The predicted octanol–water partition coefficient (Wildman–Crippen LogP) is 0.180. The highest BCUT2D eigenvalue weighted by Gasteiger charge is 2.29. The first-order chi connectivity index (χ1) is 6.99. The first-order valence-corrected chi connectivity index (χ1v) is 5.68. The highest BCUT2D eigenvalue weighted by atomic mass is 16.1. The number of hydrogen-bond acceptors (Lipinski definition) is 3. The Morgan fingerprint density at radius 3 is 2.60 bits per heavy atom. The second-order valence-corrected chi connectivity index (χ2v) is 4.94. The minimum absolute atomic E-state index is 0.0663. The summed E-state index contributed by atoms with van der Waals surface area (Å²) in [6.07, 6.45) is 2.87. The molecule has 4 heteroatoms. The molecule has 1 aliphatic carbocycles. The van der Waals surface area contributed by atoms with Crippen molar-refractivity contribution in [3.63, 3.8) is 0 Å². The van der Waals surface area contributed by atoms with Crippen molar-refractivity contribution in [1.29, 1.82) is 0 Å². The summed E-state index contributed by atoms with van der Waals surface area (Å²) in [7, 11) is 4.00. The molecule has 1 rings (SSSR count). The van der Waals surface area contributed by atoms with Crippen LogP contribution < -0.4 is 11.1 Å². The van der Waals surface area contributed by atoms with Crippen molar-refractivity contribution in [2.75, 3.05) is 20.6 Å². The number of nitrogens with one attached hydrogen (secondary N) is 1. The molecule has 1 aliphatic rings. The van der Waals surface area contributed by atoms with Crippen LogP contribution in [0.15, 0.2) is 0 Å². The van der Waals surface area contributed by atoms with E-state index in [9.17, 15) is 4.79 Å². The third-order valence-corrected chi connectivity index (χ3v) is 2.70. The number of nitrogens with zero attached hydrogens (tertiary/aromatic N) is 1. The summed E-state index contributed by atoms with van der Waals surface area (Å²) in [6.45, 7) is 2.88. The van der Waals surface area contributed by atoms with E-state index in [-0.39, 0.29) is 18.0 Å². The first-order valence-electron chi connectivity index (χ1n) is 5.68. The van der Waals surface area contributed by atoms with Crippen LogP contribution in [-0.4, -0.2) is 43.5 Å². The van der Waals surface area contributed by atoms with Gasteiger partial charge in [-0.2, -0.15) is 0 Å². The Morgan fingerprint density at radius 2 is 2.13 bits per heavy atom. The number of carbonyl (C=O) groups is 1. The molecule has 0 aromatic rings. The number of likely N-dealkylation sites (N-methyl/N-ethyl adjacent to an activating group) is 1. The van der Waals surface area contributed by atoms with Crippen LogP contribution >= 0.6 is 0 Å². The van der Waals surface area contributed by atoms with E-state index in [0.29, 0.717) is 12.3 Å². The van der Waals surface area contributed by atoms with Gasteiger partial charge in [0.05, 0.1) is 0 Å². The molecule has 0 radical (unpaired) electrons. The molecule has 2 unspecified atom stereocenters. The van der Waals surface area contributed by atoms with Gasteiger partial charge in [0.1, 0.15) is 0 Å². The maximum absolute atomic E-state index is 11.6. The minimum atomic E-state index is 0.0663. The predicted molar refractivity (Wildman–Crippen MR) is 61.5 cm³/mol. The SMILES string of the molecule is CC(CN(C)C)NC(=O)CC(N)C1CC1. The Labute approximate surface area is 92.2 Å². The van der Waals surface area contributed by atoms with E-state index in [1.54, 1.807) is 0 Å². The van der Waals surface area contributed by atoms with Crippen LogP contribution in [0, 0.1) is 5.92 Å². The van der Waals surface area contributed by atoms with Crippen molar-refractivity contribution >= 4 is 5.91 Å². The molecule has 0 aromatic carbocycles. The van der Waals surface area contributed by atoms with Crippen LogP contribution in [0.5, 0.6) is 0 Å². The topological polar surface area (TPSA) is 58.4 Å². The zero-order valence-corrected chi connectivity index (χ0v) is 9.99. The maximum atomic E-state index is 11.6. The van der Waals surface area contributed by atoms with Gasteiger partial charge in [-0.1, -0.05) is 0 Å². The molecule has 1 amide bonds. The lowest BCUT2D eigenvalue weighted by atomic mass is 10.1. The summed E-state index contributed by atoms with van der Waals surface area (Å²) < 4.78 is 0. The average Bonchev–Trinajstić information content (AvgIpc) is 2.82. The fourth-order valence-electron chi connectivity index (χ4n) is 1.83. The van der Waals surface area contributed by atoms with Crippen molar-refractivity contribution < 1.29 is 4.79 Å². The molecule has 0 heterocycles. The van der Waals surface area contributed by atoms with Gasteiger partial charge in [0.15, 0.2) is 0 Å². The fraction of sp³-hybridized carbons (Fsp3) is 0.909. The molecule has 3 N–H and O–H groups in total. The number of hydrogen-bond donors (Lipinski definition) is 2. The summed E-state index contributed by atoms with van der Waals surface area (Å²) in [5, 5.41) is 2.96. The third kappa shape index (κ3) is 5.14. The van der Waals surface area contributed by atoms with E-state index >= 15 is 0 Å². The lowest BCUT2D eigenvalue weighted by Gasteiger charge is -2.19. The molecule has 1 saturated carbocycles. The highest BCUT2D eigenvalue weighted by Crippen LogP contribution is 2.32. The quantitative estimate of drug-likeness (QED) is 0.662. The molecular weight excluding hydrogens is 190 g/mol. The van der Waals surface area contributed by atoms with Crippen LogP contribution in [0.2, 0.25) is 0 Å². The number of nitrogens with two attached hydrogens (primary N) is 1. The second kappa shape index (κ2) is 5.47. The van der Waals surface area contributed by atoms with Gasteiger partial charge in [-0.05, 0) is 39.8 Å². The van der Waals surface area contributed by atoms with E-state index in [1.165, 1.54) is 12.8 Å². The molecule has 15 heavy (non-hydrogen) atoms. The number of amides is 1. The van der Waals surface area contributed by atoms with Crippen molar-refractivity contribution in [2.45, 2.75) is 38.3 Å². The normalized spacial score (nSPS) is 20.1. The van der Waals surface area contributed by atoms with Gasteiger partial charge < -0.3 is 16.0 Å². The summed E-state index contributed by atoms with van der Waals surface area (Å²) in [4.78, 5) is 13.6. The lowest BCUT2D eigenvalue weighted by molar-refractivity contribution is -0.122. The number of carbonyl (C=O) groups excluding carboxylic acids is 1. The van der Waals surface area contributed by atoms with Crippen LogP contribution in [0.1, 0.15) is 26.2 Å². The standard InChI is InChI=1S/C11H23N3O/c1-8(7-14(2)3)13-11(15)6-10(12)9-4-5-9/h8-10H,4-7,12H2,1-3H3,(H,13,15). The monoisotopic (exact) mass is 213 g/mol. The average molecular weight is 213 g/mol. The Balaban J connectivity index is 2.16. The molecule has 88 valence electrons. The molecule has 1 fully saturated rings. The Kier molecular flexibility index (Phi) is 4.54. The summed E-state index contributed by atoms with van der Waals surface area (Å²) in [5.41, 5.74) is 5.89. The van der Waals surface area contributed by atoms with Crippen LogP contribution in [0.25, 0.3) is 0 Å². The van der Waals surface area contributed by atoms with Crippen LogP contribution in [0.4, 0.5) is 0 Å². The fourth-order valence-corrected chi connectivity index (χ4v) is 1.83. The van der Waals surface area contributed by atoms with Crippen molar-refractivity contribution in [3.8, 4) is 0 Å². The molecule has 0 aromatic heterocycles. The second-order valence-electron chi connectivity index (χ2n) is 4.94. The Bertz CT molecular complexity index is 214.